The molecule has 0 radical (unpaired) electrons. The highest BCUT2D eigenvalue weighted by molar-refractivity contribution is 6.53. The number of nitrogens with one attached hydrogen (secondary N) is 3. The molecule has 0 aromatic carbocycles. The van der Waals surface area contributed by atoms with Gasteiger partial charge in [-0.25, -0.2) is 4.79 Å². The molecule has 0 unspecified atom stereocenters. The van der Waals surface area contributed by atoms with E-state index in [9.17, 15) is 106 Å². The Hall–Kier alpha value is -2.84. The van der Waals surface area contributed by atoms with Gasteiger partial charge in [0.15, 0.2) is 30.0 Å². The van der Waals surface area contributed by atoms with Crippen LogP contribution in [0.5, 0.6) is 0 Å². The Morgan fingerprint density at radius 3 is 1.63 bits per heavy atom. The van der Waals surface area contributed by atoms with Crippen LogP contribution in [0, 0.1) is 0 Å². The molecule has 28 atom stereocenters. The summed E-state index contributed by atoms with van der Waals surface area (Å²) < 4.78 is 59.2. The van der Waals surface area contributed by atoms with E-state index in [1.807, 2.05) is 0 Å². The van der Waals surface area contributed by atoms with Gasteiger partial charge in [-0.3, -0.25) is 14.4 Å². The molecule has 0 saturated carbocycles. The van der Waals surface area contributed by atoms with Gasteiger partial charge >= 0.3 is 5.97 Å². The van der Waals surface area contributed by atoms with Crippen LogP contribution in [0.1, 0.15) is 104 Å². The quantitative estimate of drug-likeness (QED) is 0.0156. The number of carbonyl (C=O) groups is 4. The van der Waals surface area contributed by atoms with Crippen LogP contribution >= 0.6 is 23.2 Å². The predicted octanol–water partition coefficient (Wildman–Crippen LogP) is -6.50. The summed E-state index contributed by atoms with van der Waals surface area (Å²) in [5.41, 5.74) is 0. The van der Waals surface area contributed by atoms with Crippen molar-refractivity contribution in [2.45, 2.75) is 280 Å². The molecule has 5 rings (SSSR count). The first-order valence-corrected chi connectivity index (χ1v) is 32.1. The third-order valence-corrected chi connectivity index (χ3v) is 17.2. The van der Waals surface area contributed by atoms with Crippen LogP contribution in [-0.4, -0.2) is 326 Å². The van der Waals surface area contributed by atoms with Crippen molar-refractivity contribution in [3.05, 3.63) is 12.2 Å². The molecule has 93 heavy (non-hydrogen) atoms. The van der Waals surface area contributed by atoms with Crippen molar-refractivity contribution in [1.82, 2.24) is 16.0 Å². The Morgan fingerprint density at radius 2 is 1.08 bits per heavy atom. The van der Waals surface area contributed by atoms with E-state index in [2.05, 4.69) is 22.9 Å². The molecule has 3 amide bonds. The van der Waals surface area contributed by atoms with E-state index in [1.165, 1.54) is 44.6 Å². The molecule has 5 heterocycles. The minimum atomic E-state index is -3.39. The molecule has 5 aliphatic rings. The van der Waals surface area contributed by atoms with Crippen LogP contribution in [0.3, 0.4) is 0 Å². The number of unbranched alkanes of at least 4 members (excludes halogenated alkanes) is 11. The lowest BCUT2D eigenvalue weighted by atomic mass is 9.88. The molecule has 0 aliphatic carbocycles. The lowest BCUT2D eigenvalue weighted by molar-refractivity contribution is -0.403. The molecule has 0 aromatic heterocycles. The summed E-state index contributed by atoms with van der Waals surface area (Å²) in [4.78, 5) is 50.2. The smallest absolute Gasteiger partial charge is 0.364 e. The van der Waals surface area contributed by atoms with Gasteiger partial charge in [0.25, 0.3) is 11.7 Å². The summed E-state index contributed by atoms with van der Waals surface area (Å²) >= 11 is 11.6. The standard InChI is InChI=1S/C57H97Cl2N3O31/c1-4-5-6-7-8-9-10-11-12-13-14-15-16-17-28(70)27(62-51(81)50(58)59)24-84-53-43(79)41(77)45(33(22-66)87-53)89-55-44(80)49(93-57(56(82)83)18-29(71)35(60-25(2)68)48(92-57)37(73)30(72)19-63)46(34(23-67)88-55)90-52-36(61-26(3)69)47(39(75)32(21-65)85-52)91-54-42(78)40(76)38(74)31(20-64)86-54/h16-17,27-50,52-55,63-67,70-80H,4-15,18-24H2,1-3H3,(H,60,68)(H,61,69)(H,62,81)(H,82,83)/b17-16+/t27-,28+,29-,30+,31+,32+,33+,34+,35+,36+,37+,38-,39-,40-,41+,42+,43+,44+,45+,46-,47+,48+,49+,52-,53+,54-,55-,57-/m0/s1. The number of halogens is 2. The van der Waals surface area contributed by atoms with Crippen LogP contribution in [0.25, 0.3) is 0 Å². The summed E-state index contributed by atoms with van der Waals surface area (Å²) in [5, 5.41) is 194. The van der Waals surface area contributed by atoms with Gasteiger partial charge in [-0.15, -0.1) is 0 Å². The van der Waals surface area contributed by atoms with Gasteiger partial charge in [0, 0.05) is 20.3 Å². The van der Waals surface area contributed by atoms with E-state index in [4.69, 9.17) is 70.6 Å². The third kappa shape index (κ3) is 21.8. The number of allylic oxidation sites excluding steroid dienone is 1. The van der Waals surface area contributed by atoms with Crippen molar-refractivity contribution in [3.63, 3.8) is 0 Å². The van der Waals surface area contributed by atoms with Gasteiger partial charge in [0.1, 0.15) is 116 Å². The highest BCUT2D eigenvalue weighted by Crippen LogP contribution is 2.41. The fraction of sp³-hybridized carbons (Fsp3) is 0.895. The highest BCUT2D eigenvalue weighted by atomic mass is 35.5. The van der Waals surface area contributed by atoms with Crippen LogP contribution in [-0.2, 0) is 66.5 Å². The number of alkyl halides is 2. The number of carboxylic acid groups (broad SMARTS) is 1. The summed E-state index contributed by atoms with van der Waals surface area (Å²) in [5.74, 6) is -8.32. The van der Waals surface area contributed by atoms with Crippen molar-refractivity contribution in [3.8, 4) is 0 Å². The van der Waals surface area contributed by atoms with E-state index in [-0.39, 0.29) is 0 Å². The lowest BCUT2D eigenvalue weighted by Gasteiger charge is -2.52. The van der Waals surface area contributed by atoms with Crippen molar-refractivity contribution < 1.29 is 153 Å². The molecule has 5 fully saturated rings. The van der Waals surface area contributed by atoms with Crippen molar-refractivity contribution in [2.75, 3.05) is 39.6 Å². The van der Waals surface area contributed by atoms with Crippen molar-refractivity contribution >= 4 is 46.9 Å². The Morgan fingerprint density at radius 1 is 0.581 bits per heavy atom. The first kappa shape index (κ1) is 80.8. The number of hydrogen-bond acceptors (Lipinski definition) is 30. The number of aliphatic hydroxyl groups excluding tert-OH is 16. The van der Waals surface area contributed by atoms with Gasteiger partial charge in [0.05, 0.1) is 63.9 Å². The van der Waals surface area contributed by atoms with E-state index >= 15 is 0 Å². The van der Waals surface area contributed by atoms with Gasteiger partial charge in [-0.05, 0) is 12.8 Å². The van der Waals surface area contributed by atoms with Crippen LogP contribution in [0.15, 0.2) is 12.2 Å². The molecule has 0 bridgehead atoms. The number of aliphatic hydroxyl groups is 16. The molecule has 36 heteroatoms. The zero-order valence-electron chi connectivity index (χ0n) is 51.8. The Balaban J connectivity index is 1.46. The summed E-state index contributed by atoms with van der Waals surface area (Å²) in [6.07, 6.45) is -35.1. The topological polar surface area (TPSA) is 541 Å². The van der Waals surface area contributed by atoms with E-state index in [0.29, 0.717) is 6.42 Å². The minimum absolute atomic E-state index is 0.578. The predicted molar refractivity (Wildman–Crippen MR) is 314 cm³/mol. The fourth-order valence-corrected chi connectivity index (χ4v) is 11.7. The van der Waals surface area contributed by atoms with Gasteiger partial charge in [-0.2, -0.15) is 0 Å². The molecule has 20 N–H and O–H groups in total. The second kappa shape index (κ2) is 39.1. The third-order valence-electron chi connectivity index (χ3n) is 16.8. The minimum Gasteiger partial charge on any atom is -0.477 e. The number of rotatable bonds is 37. The molecule has 5 aliphatic heterocycles. The maximum absolute atomic E-state index is 13.7. The molecule has 34 nitrogen and oxygen atoms in total. The lowest BCUT2D eigenvalue weighted by Crippen LogP contribution is -2.72. The number of amides is 3. The SMILES string of the molecule is CCCCCCCCCCCCC/C=C/[C@@H](O)[C@H](CO[C@@H]1O[C@H](CO)[C@@H](O[C@@H]2O[C@H](CO)[C@H](O[C@@H]3O[C@H](CO)[C@H](O)[C@H](O[C@@H]4O[C@H](CO)[C@H](O)[C@H](O)[C@H]4O)[C@H]3NC(C)=O)[C@H](O[C@]3(C(=O)O)C[C@H](O)[C@@H](NC(C)=O)[C@H]([C@H](O)[C@H](O)CO)O3)[C@H]2O)[C@H](O)[C@H]1O)NC(=O)C(Cl)Cl. The van der Waals surface area contributed by atoms with Gasteiger partial charge in [-0.1, -0.05) is 106 Å². The molecule has 5 saturated heterocycles. The molecule has 0 spiro atoms. The zero-order chi connectivity index (χ0) is 69.0. The summed E-state index contributed by atoms with van der Waals surface area (Å²) in [7, 11) is 0. The second-order valence-electron chi connectivity index (χ2n) is 23.8. The number of aliphatic carboxylic acids is 1. The van der Waals surface area contributed by atoms with Gasteiger partial charge < -0.3 is 150 Å². The average Bonchev–Trinajstić information content (AvgIpc) is 1.40. The van der Waals surface area contributed by atoms with Crippen LogP contribution in [0.4, 0.5) is 0 Å². The number of carboxylic acids is 1. The Labute approximate surface area is 546 Å². The monoisotopic (exact) mass is 1390 g/mol. The molecular weight excluding hydrogens is 1290 g/mol. The van der Waals surface area contributed by atoms with E-state index in [1.54, 1.807) is 6.08 Å². The Kier molecular flexibility index (Phi) is 34.0. The largest absolute Gasteiger partial charge is 0.477 e. The highest BCUT2D eigenvalue weighted by Gasteiger charge is 2.62. The van der Waals surface area contributed by atoms with Crippen LogP contribution < -0.4 is 16.0 Å². The molecular formula is C57H97Cl2N3O31. The normalized spacial score (nSPS) is 38.1. The first-order chi connectivity index (χ1) is 44.1. The molecule has 540 valence electrons. The number of carbonyl (C=O) groups excluding carboxylic acids is 3. The van der Waals surface area contributed by atoms with Crippen molar-refractivity contribution in [2.24, 2.45) is 0 Å². The van der Waals surface area contributed by atoms with Crippen molar-refractivity contribution in [1.29, 1.82) is 0 Å². The number of hydrogen-bond donors (Lipinski definition) is 20. The molecule has 0 aromatic rings. The summed E-state index contributed by atoms with van der Waals surface area (Å²) in [6.45, 7) is -2.18. The fourth-order valence-electron chi connectivity index (χ4n) is 11.6. The average molecular weight is 1390 g/mol. The first-order valence-electron chi connectivity index (χ1n) is 31.2. The Bertz CT molecular complexity index is 2280. The summed E-state index contributed by atoms with van der Waals surface area (Å²) in [6, 6.07) is -5.01. The maximum Gasteiger partial charge on any atom is 0.364 e. The van der Waals surface area contributed by atoms with E-state index < -0.39 is 246 Å². The second-order valence-corrected chi connectivity index (χ2v) is 24.9. The van der Waals surface area contributed by atoms with E-state index in [0.717, 1.165) is 46.0 Å². The zero-order valence-corrected chi connectivity index (χ0v) is 53.3. The van der Waals surface area contributed by atoms with Crippen LogP contribution in [0.2, 0.25) is 0 Å². The maximum atomic E-state index is 13.7. The number of ether oxygens (including phenoxy) is 10. The van der Waals surface area contributed by atoms with Gasteiger partial charge in [0.2, 0.25) is 11.8 Å².